The molecule has 0 saturated carbocycles. The summed E-state index contributed by atoms with van der Waals surface area (Å²) in [7, 11) is 0. The average Bonchev–Trinajstić information content (AvgIpc) is 3.26. The van der Waals surface area contributed by atoms with Gasteiger partial charge in [0.2, 0.25) is 5.91 Å². The fraction of sp³-hybridized carbons (Fsp3) is 0.143. The molecule has 0 unspecified atom stereocenters. The number of carbonyl (C=O) groups is 1. The molecule has 0 spiro atoms. The first-order valence-electron chi connectivity index (χ1n) is 11.7. The molecule has 0 atom stereocenters. The van der Waals surface area contributed by atoms with Gasteiger partial charge in [0.15, 0.2) is 0 Å². The van der Waals surface area contributed by atoms with E-state index in [-0.39, 0.29) is 18.9 Å². The zero-order valence-electron chi connectivity index (χ0n) is 19.8. The number of benzene rings is 3. The molecule has 0 bridgehead atoms. The highest BCUT2D eigenvalue weighted by atomic mass is 16.2. The van der Waals surface area contributed by atoms with Crippen LogP contribution in [0, 0.1) is 6.92 Å². The fourth-order valence-corrected chi connectivity index (χ4v) is 4.27. The van der Waals surface area contributed by atoms with E-state index < -0.39 is 11.2 Å². The Morgan fingerprint density at radius 1 is 0.944 bits per heavy atom. The monoisotopic (exact) mass is 479 g/mol. The standard InChI is InChI=1S/C28H25N5O3/c1-19-9-5-6-12-21(19)23-17-25(33(31-23)18-20-10-3-2-4-11-20)29-26(34)15-16-32-24-14-8-7-13-22(24)27(35)30-28(32)36/h2-14,17H,15-16,18H2,1H3,(H,29,34)(H,30,35,36). The van der Waals surface area contributed by atoms with Crippen molar-refractivity contribution in [3.05, 3.63) is 117 Å². The summed E-state index contributed by atoms with van der Waals surface area (Å²) in [4.78, 5) is 39.8. The Morgan fingerprint density at radius 2 is 1.67 bits per heavy atom. The number of anilines is 1. The summed E-state index contributed by atoms with van der Waals surface area (Å²) in [5.74, 6) is 0.309. The molecule has 8 nitrogen and oxygen atoms in total. The summed E-state index contributed by atoms with van der Waals surface area (Å²) in [6.45, 7) is 2.64. The Morgan fingerprint density at radius 3 is 2.47 bits per heavy atom. The quantitative estimate of drug-likeness (QED) is 0.369. The highest BCUT2D eigenvalue weighted by molar-refractivity contribution is 5.90. The topological polar surface area (TPSA) is 102 Å². The van der Waals surface area contributed by atoms with E-state index in [0.29, 0.717) is 23.3 Å². The minimum absolute atomic E-state index is 0.0478. The van der Waals surface area contributed by atoms with E-state index >= 15 is 0 Å². The van der Waals surface area contributed by atoms with Gasteiger partial charge in [0, 0.05) is 24.6 Å². The van der Waals surface area contributed by atoms with Gasteiger partial charge in [-0.3, -0.25) is 19.1 Å². The van der Waals surface area contributed by atoms with Gasteiger partial charge in [0.05, 0.1) is 23.1 Å². The van der Waals surface area contributed by atoms with Gasteiger partial charge >= 0.3 is 5.69 Å². The molecule has 3 aromatic carbocycles. The van der Waals surface area contributed by atoms with Crippen molar-refractivity contribution < 1.29 is 4.79 Å². The third-order valence-electron chi connectivity index (χ3n) is 6.11. The first kappa shape index (κ1) is 23.0. The number of H-pyrrole nitrogens is 1. The first-order valence-corrected chi connectivity index (χ1v) is 11.7. The van der Waals surface area contributed by atoms with E-state index in [4.69, 9.17) is 5.10 Å². The van der Waals surface area contributed by atoms with Crippen molar-refractivity contribution in [2.75, 3.05) is 5.32 Å². The first-order chi connectivity index (χ1) is 17.5. The molecule has 0 saturated heterocycles. The molecule has 0 aliphatic heterocycles. The van der Waals surface area contributed by atoms with Gasteiger partial charge in [-0.15, -0.1) is 0 Å². The number of para-hydroxylation sites is 1. The van der Waals surface area contributed by atoms with Gasteiger partial charge in [-0.05, 0) is 30.2 Å². The van der Waals surface area contributed by atoms with E-state index in [1.54, 1.807) is 28.9 Å². The van der Waals surface area contributed by atoms with Gasteiger partial charge in [0.1, 0.15) is 5.82 Å². The summed E-state index contributed by atoms with van der Waals surface area (Å²) in [6, 6.07) is 26.6. The predicted octanol–water partition coefficient (Wildman–Crippen LogP) is 3.94. The normalized spacial score (nSPS) is 11.0. The lowest BCUT2D eigenvalue weighted by molar-refractivity contribution is -0.116. The third-order valence-corrected chi connectivity index (χ3v) is 6.11. The molecule has 2 aromatic heterocycles. The molecule has 0 fully saturated rings. The van der Waals surface area contributed by atoms with Crippen molar-refractivity contribution in [3.8, 4) is 11.3 Å². The number of amides is 1. The molecule has 8 heteroatoms. The number of hydrogen-bond donors (Lipinski definition) is 2. The second-order valence-electron chi connectivity index (χ2n) is 8.60. The number of aromatic nitrogens is 4. The number of aromatic amines is 1. The molecular formula is C28H25N5O3. The third kappa shape index (κ3) is 4.74. The zero-order valence-corrected chi connectivity index (χ0v) is 19.8. The van der Waals surface area contributed by atoms with Crippen molar-refractivity contribution in [1.29, 1.82) is 0 Å². The lowest BCUT2D eigenvalue weighted by atomic mass is 10.1. The van der Waals surface area contributed by atoms with Crippen LogP contribution in [0.2, 0.25) is 0 Å². The van der Waals surface area contributed by atoms with Crippen LogP contribution in [0.3, 0.4) is 0 Å². The molecule has 2 heterocycles. The van der Waals surface area contributed by atoms with Crippen LogP contribution in [0.15, 0.2) is 94.5 Å². The smallest absolute Gasteiger partial charge is 0.311 e. The summed E-state index contributed by atoms with van der Waals surface area (Å²) < 4.78 is 3.19. The molecule has 5 aromatic rings. The van der Waals surface area contributed by atoms with Gasteiger partial charge in [-0.25, -0.2) is 9.48 Å². The van der Waals surface area contributed by atoms with E-state index in [0.717, 1.165) is 22.4 Å². The largest absolute Gasteiger partial charge is 0.328 e. The summed E-state index contributed by atoms with van der Waals surface area (Å²) in [5, 5.41) is 8.15. The van der Waals surface area contributed by atoms with Crippen molar-refractivity contribution in [2.24, 2.45) is 0 Å². The van der Waals surface area contributed by atoms with Crippen LogP contribution in [0.4, 0.5) is 5.82 Å². The maximum Gasteiger partial charge on any atom is 0.328 e. The highest BCUT2D eigenvalue weighted by Crippen LogP contribution is 2.25. The molecule has 180 valence electrons. The lowest BCUT2D eigenvalue weighted by Crippen LogP contribution is -2.31. The number of carbonyl (C=O) groups excluding carboxylic acids is 1. The number of rotatable bonds is 7. The Hall–Kier alpha value is -4.72. The van der Waals surface area contributed by atoms with Crippen molar-refractivity contribution in [1.82, 2.24) is 19.3 Å². The van der Waals surface area contributed by atoms with Gasteiger partial charge in [-0.1, -0.05) is 66.7 Å². The van der Waals surface area contributed by atoms with Crippen LogP contribution in [0.25, 0.3) is 22.2 Å². The van der Waals surface area contributed by atoms with Gasteiger partial charge in [0.25, 0.3) is 5.56 Å². The summed E-state index contributed by atoms with van der Waals surface area (Å²) in [5.41, 5.74) is 3.42. The highest BCUT2D eigenvalue weighted by Gasteiger charge is 2.15. The fourth-order valence-electron chi connectivity index (χ4n) is 4.27. The van der Waals surface area contributed by atoms with Crippen LogP contribution in [-0.4, -0.2) is 25.2 Å². The Balaban J connectivity index is 1.41. The number of fused-ring (bicyclic) bond motifs is 1. The zero-order chi connectivity index (χ0) is 25.1. The lowest BCUT2D eigenvalue weighted by Gasteiger charge is -2.11. The maximum absolute atomic E-state index is 13.0. The minimum atomic E-state index is -0.539. The molecule has 5 rings (SSSR count). The van der Waals surface area contributed by atoms with Crippen LogP contribution in [0.1, 0.15) is 17.5 Å². The SMILES string of the molecule is Cc1ccccc1-c1cc(NC(=O)CCn2c(=O)[nH]c(=O)c3ccccc32)n(Cc2ccccc2)n1. The Kier molecular flexibility index (Phi) is 6.32. The molecule has 2 N–H and O–H groups in total. The summed E-state index contributed by atoms with van der Waals surface area (Å²) >= 11 is 0. The van der Waals surface area contributed by atoms with E-state index in [1.165, 1.54) is 4.57 Å². The molecule has 0 aliphatic carbocycles. The van der Waals surface area contributed by atoms with E-state index in [9.17, 15) is 14.4 Å². The van der Waals surface area contributed by atoms with Crippen molar-refractivity contribution in [2.45, 2.75) is 26.4 Å². The van der Waals surface area contributed by atoms with Crippen LogP contribution < -0.4 is 16.6 Å². The molecule has 36 heavy (non-hydrogen) atoms. The van der Waals surface area contributed by atoms with Crippen LogP contribution in [0.5, 0.6) is 0 Å². The second kappa shape index (κ2) is 9.87. The van der Waals surface area contributed by atoms with Gasteiger partial charge in [-0.2, -0.15) is 5.10 Å². The number of nitrogens with zero attached hydrogens (tertiary/aromatic N) is 3. The van der Waals surface area contributed by atoms with Gasteiger partial charge < -0.3 is 5.32 Å². The number of hydrogen-bond acceptors (Lipinski definition) is 4. The minimum Gasteiger partial charge on any atom is -0.311 e. The summed E-state index contributed by atoms with van der Waals surface area (Å²) in [6.07, 6.45) is 0.0478. The Bertz CT molecular complexity index is 1660. The molecule has 0 radical (unpaired) electrons. The Labute approximate surface area is 206 Å². The molecular weight excluding hydrogens is 454 g/mol. The molecule has 1 amide bonds. The maximum atomic E-state index is 13.0. The average molecular weight is 480 g/mol. The number of aryl methyl sites for hydroxylation is 2. The van der Waals surface area contributed by atoms with Crippen LogP contribution in [-0.2, 0) is 17.9 Å². The number of nitrogens with one attached hydrogen (secondary N) is 2. The van der Waals surface area contributed by atoms with E-state index in [2.05, 4.69) is 10.3 Å². The predicted molar refractivity (Wildman–Crippen MR) is 140 cm³/mol. The van der Waals surface area contributed by atoms with E-state index in [1.807, 2.05) is 67.6 Å². The molecule has 0 aliphatic rings. The second-order valence-corrected chi connectivity index (χ2v) is 8.60. The van der Waals surface area contributed by atoms with Crippen molar-refractivity contribution >= 4 is 22.6 Å². The van der Waals surface area contributed by atoms with Crippen molar-refractivity contribution in [3.63, 3.8) is 0 Å². The van der Waals surface area contributed by atoms with Crippen LogP contribution >= 0.6 is 0 Å².